The van der Waals surface area contributed by atoms with Gasteiger partial charge in [-0.05, 0) is 12.8 Å². The molecule has 1 aromatic heterocycles. The normalized spacial score (nSPS) is 12.9. The maximum absolute atomic E-state index is 5.35. The van der Waals surface area contributed by atoms with Crippen molar-refractivity contribution in [3.8, 4) is 0 Å². The topological polar surface area (TPSA) is 73.1 Å². The molecule has 1 unspecified atom stereocenters. The van der Waals surface area contributed by atoms with E-state index in [1.807, 2.05) is 13.0 Å². The molecule has 1 atom stereocenters. The lowest BCUT2D eigenvalue weighted by Gasteiger charge is -2.13. The third-order valence-corrected chi connectivity index (χ3v) is 2.22. The third-order valence-electron chi connectivity index (χ3n) is 2.22. The fourth-order valence-corrected chi connectivity index (χ4v) is 1.14. The molecule has 1 heterocycles. The van der Waals surface area contributed by atoms with Crippen molar-refractivity contribution < 1.29 is 4.74 Å². The monoisotopic (exact) mass is 210 g/mol. The molecule has 0 saturated heterocycles. The largest absolute Gasteiger partial charge is 0.374 e. The van der Waals surface area contributed by atoms with Gasteiger partial charge in [0.2, 0.25) is 0 Å². The van der Waals surface area contributed by atoms with Crippen molar-refractivity contribution in [2.75, 3.05) is 12.5 Å². The molecule has 0 bridgehead atoms. The van der Waals surface area contributed by atoms with Crippen molar-refractivity contribution in [3.63, 3.8) is 0 Å². The Labute approximate surface area is 90.0 Å². The number of methoxy groups -OCH3 is 1. The molecule has 0 amide bonds. The summed E-state index contributed by atoms with van der Waals surface area (Å²) in [4.78, 5) is 8.65. The van der Waals surface area contributed by atoms with Crippen LogP contribution in [0.25, 0.3) is 0 Å². The summed E-state index contributed by atoms with van der Waals surface area (Å²) < 4.78 is 5.18. The molecule has 84 valence electrons. The second kappa shape index (κ2) is 5.04. The lowest BCUT2D eigenvalue weighted by atomic mass is 10.1. The molecular weight excluding hydrogens is 192 g/mol. The van der Waals surface area contributed by atoms with Crippen LogP contribution in [-0.2, 0) is 4.74 Å². The maximum atomic E-state index is 5.35. The van der Waals surface area contributed by atoms with Crippen molar-refractivity contribution in [2.24, 2.45) is 5.84 Å². The highest BCUT2D eigenvalue weighted by molar-refractivity contribution is 5.35. The van der Waals surface area contributed by atoms with Gasteiger partial charge in [0.1, 0.15) is 11.9 Å². The molecular formula is C10H18N4O. The molecule has 3 N–H and O–H groups in total. The minimum atomic E-state index is -0.129. The van der Waals surface area contributed by atoms with Gasteiger partial charge in [-0.25, -0.2) is 15.8 Å². The molecule has 5 nitrogen and oxygen atoms in total. The molecule has 15 heavy (non-hydrogen) atoms. The van der Waals surface area contributed by atoms with Crippen molar-refractivity contribution in [1.29, 1.82) is 0 Å². The number of nitrogen functional groups attached to an aromatic ring is 1. The van der Waals surface area contributed by atoms with E-state index in [9.17, 15) is 0 Å². The van der Waals surface area contributed by atoms with Crippen LogP contribution in [0.4, 0.5) is 5.82 Å². The first-order valence-electron chi connectivity index (χ1n) is 4.96. The highest BCUT2D eigenvalue weighted by Crippen LogP contribution is 2.19. The van der Waals surface area contributed by atoms with Gasteiger partial charge in [-0.3, -0.25) is 0 Å². The van der Waals surface area contributed by atoms with E-state index in [-0.39, 0.29) is 6.10 Å². The predicted octanol–water partition coefficient (Wildman–Crippen LogP) is 1.59. The van der Waals surface area contributed by atoms with Crippen LogP contribution in [0.15, 0.2) is 6.07 Å². The minimum Gasteiger partial charge on any atom is -0.374 e. The Morgan fingerprint density at radius 3 is 2.47 bits per heavy atom. The number of ether oxygens (including phenoxy) is 1. The number of nitrogens with zero attached hydrogens (tertiary/aromatic N) is 2. The third kappa shape index (κ3) is 2.87. The standard InChI is InChI=1S/C10H18N4O/c1-6(2)8-5-9(14-11)13-10(12-8)7(3)15-4/h5-7H,11H2,1-4H3,(H,12,13,14). The number of aromatic nitrogens is 2. The Morgan fingerprint density at radius 2 is 2.00 bits per heavy atom. The van der Waals surface area contributed by atoms with Crippen LogP contribution in [0.3, 0.4) is 0 Å². The first-order chi connectivity index (χ1) is 7.08. The summed E-state index contributed by atoms with van der Waals surface area (Å²) in [6.45, 7) is 6.05. The van der Waals surface area contributed by atoms with E-state index in [2.05, 4.69) is 29.2 Å². The Morgan fingerprint density at radius 1 is 1.33 bits per heavy atom. The fraction of sp³-hybridized carbons (Fsp3) is 0.600. The second-order valence-corrected chi connectivity index (χ2v) is 3.71. The van der Waals surface area contributed by atoms with Crippen molar-refractivity contribution in [3.05, 3.63) is 17.6 Å². The Kier molecular flexibility index (Phi) is 3.99. The average molecular weight is 210 g/mol. The molecule has 0 aliphatic carbocycles. The van der Waals surface area contributed by atoms with Crippen LogP contribution >= 0.6 is 0 Å². The van der Waals surface area contributed by atoms with E-state index >= 15 is 0 Å². The van der Waals surface area contributed by atoms with E-state index < -0.39 is 0 Å². The molecule has 0 fully saturated rings. The van der Waals surface area contributed by atoms with Gasteiger partial charge in [-0.15, -0.1) is 0 Å². The Balaban J connectivity index is 3.11. The molecule has 0 aliphatic heterocycles. The lowest BCUT2D eigenvalue weighted by molar-refractivity contribution is 0.112. The quantitative estimate of drug-likeness (QED) is 0.583. The van der Waals surface area contributed by atoms with E-state index in [4.69, 9.17) is 10.6 Å². The number of anilines is 1. The number of hydrogen-bond donors (Lipinski definition) is 2. The molecule has 1 rings (SSSR count). The summed E-state index contributed by atoms with van der Waals surface area (Å²) in [5.41, 5.74) is 3.49. The number of nitrogens with two attached hydrogens (primary N) is 1. The lowest BCUT2D eigenvalue weighted by Crippen LogP contribution is -2.13. The Hall–Kier alpha value is -1.20. The molecule has 0 saturated carbocycles. The first-order valence-corrected chi connectivity index (χ1v) is 4.96. The molecule has 0 aromatic carbocycles. The van der Waals surface area contributed by atoms with Crippen molar-refractivity contribution >= 4 is 5.82 Å². The summed E-state index contributed by atoms with van der Waals surface area (Å²) in [7, 11) is 1.63. The van der Waals surface area contributed by atoms with E-state index in [1.165, 1.54) is 0 Å². The zero-order chi connectivity index (χ0) is 11.4. The number of nitrogens with one attached hydrogen (secondary N) is 1. The van der Waals surface area contributed by atoms with Crippen molar-refractivity contribution in [1.82, 2.24) is 9.97 Å². The zero-order valence-electron chi connectivity index (χ0n) is 9.61. The summed E-state index contributed by atoms with van der Waals surface area (Å²) >= 11 is 0. The smallest absolute Gasteiger partial charge is 0.159 e. The molecule has 0 radical (unpaired) electrons. The van der Waals surface area contributed by atoms with Gasteiger partial charge in [0.05, 0.1) is 0 Å². The Bertz CT molecular complexity index is 327. The van der Waals surface area contributed by atoms with Crippen LogP contribution in [0.5, 0.6) is 0 Å². The van der Waals surface area contributed by atoms with Gasteiger partial charge in [-0.2, -0.15) is 0 Å². The van der Waals surface area contributed by atoms with E-state index in [1.54, 1.807) is 7.11 Å². The summed E-state index contributed by atoms with van der Waals surface area (Å²) in [6.07, 6.45) is -0.129. The van der Waals surface area contributed by atoms with Crippen molar-refractivity contribution in [2.45, 2.75) is 32.8 Å². The van der Waals surface area contributed by atoms with Crippen LogP contribution in [0, 0.1) is 0 Å². The van der Waals surface area contributed by atoms with Crippen LogP contribution in [0.1, 0.15) is 44.3 Å². The first kappa shape index (κ1) is 11.9. The highest BCUT2D eigenvalue weighted by Gasteiger charge is 2.12. The SMILES string of the molecule is COC(C)c1nc(NN)cc(C(C)C)n1. The number of hydrogen-bond acceptors (Lipinski definition) is 5. The second-order valence-electron chi connectivity index (χ2n) is 3.71. The van der Waals surface area contributed by atoms with Gasteiger partial charge < -0.3 is 10.2 Å². The van der Waals surface area contributed by atoms with Crippen LogP contribution < -0.4 is 11.3 Å². The van der Waals surface area contributed by atoms with Gasteiger partial charge in [-0.1, -0.05) is 13.8 Å². The van der Waals surface area contributed by atoms with E-state index in [0.29, 0.717) is 17.6 Å². The minimum absolute atomic E-state index is 0.129. The van der Waals surface area contributed by atoms with Gasteiger partial charge in [0, 0.05) is 18.9 Å². The number of rotatable bonds is 4. The summed E-state index contributed by atoms with van der Waals surface area (Å²) in [5.74, 6) is 6.95. The van der Waals surface area contributed by atoms with E-state index in [0.717, 1.165) is 5.69 Å². The summed E-state index contributed by atoms with van der Waals surface area (Å²) in [6, 6.07) is 1.84. The average Bonchev–Trinajstić information content (AvgIpc) is 2.27. The van der Waals surface area contributed by atoms with Gasteiger partial charge in [0.15, 0.2) is 5.82 Å². The van der Waals surface area contributed by atoms with Crippen LogP contribution in [-0.4, -0.2) is 17.1 Å². The molecule has 0 aliphatic rings. The van der Waals surface area contributed by atoms with Crippen LogP contribution in [0.2, 0.25) is 0 Å². The zero-order valence-corrected chi connectivity index (χ0v) is 9.61. The van der Waals surface area contributed by atoms with Gasteiger partial charge in [0.25, 0.3) is 0 Å². The molecule has 5 heteroatoms. The molecule has 0 spiro atoms. The predicted molar refractivity (Wildman–Crippen MR) is 59.4 cm³/mol. The molecule has 1 aromatic rings. The van der Waals surface area contributed by atoms with Gasteiger partial charge >= 0.3 is 0 Å². The number of hydrazine groups is 1. The highest BCUT2D eigenvalue weighted by atomic mass is 16.5. The fourth-order valence-electron chi connectivity index (χ4n) is 1.14. The summed E-state index contributed by atoms with van der Waals surface area (Å²) in [5, 5.41) is 0. The maximum Gasteiger partial charge on any atom is 0.159 e.